The summed E-state index contributed by atoms with van der Waals surface area (Å²) >= 11 is 0. The quantitative estimate of drug-likeness (QED) is 0.105. The third kappa shape index (κ3) is 21.8. The van der Waals surface area contributed by atoms with Crippen LogP contribution < -0.4 is 0 Å². The van der Waals surface area contributed by atoms with Crippen LogP contribution in [0.3, 0.4) is 0 Å². The molecule has 0 N–H and O–H groups in total. The fourth-order valence-corrected chi connectivity index (χ4v) is 4.15. The summed E-state index contributed by atoms with van der Waals surface area (Å²) in [5.41, 5.74) is 0. The van der Waals surface area contributed by atoms with Gasteiger partial charge in [0.05, 0.1) is 19.8 Å². The predicted octanol–water partition coefficient (Wildman–Crippen LogP) is 6.35. The summed E-state index contributed by atoms with van der Waals surface area (Å²) < 4.78 is 26.1. The van der Waals surface area contributed by atoms with Crippen molar-refractivity contribution in [2.75, 3.05) is 39.6 Å². The van der Waals surface area contributed by atoms with Gasteiger partial charge in [0.25, 0.3) is 0 Å². The van der Waals surface area contributed by atoms with Gasteiger partial charge in [0, 0.05) is 13.2 Å². The Balaban J connectivity index is 0.000000621. The zero-order chi connectivity index (χ0) is 26.9. The van der Waals surface area contributed by atoms with E-state index in [1.54, 1.807) is 0 Å². The highest BCUT2D eigenvalue weighted by molar-refractivity contribution is 5.61. The molecule has 2 fully saturated rings. The second-order valence-corrected chi connectivity index (χ2v) is 9.72. The highest BCUT2D eigenvalue weighted by Crippen LogP contribution is 2.18. The molecule has 2 aliphatic heterocycles. The van der Waals surface area contributed by atoms with E-state index in [0.717, 1.165) is 32.3 Å². The molecule has 0 aliphatic carbocycles. The highest BCUT2D eigenvalue weighted by Gasteiger charge is 2.25. The molecule has 2 rings (SSSR count). The summed E-state index contributed by atoms with van der Waals surface area (Å²) in [4.78, 5) is 27.0. The van der Waals surface area contributed by atoms with Gasteiger partial charge in [-0.05, 0) is 37.5 Å². The molecule has 0 radical (unpaired) electrons. The number of rotatable bonds is 20. The van der Waals surface area contributed by atoms with E-state index >= 15 is 0 Å². The normalized spacial score (nSPS) is 19.5. The standard InChI is InChI=1S/C14H26O4.C13H26O2.CO2/c1-3-5-6-8-12(7-4-2)9-16-10-13-11-17-14(15)18-13;1-3-5-6-8-12(7-4-2)9-14-10-13-11-15-13;2-1-3/h12-13H,3-11H2,1-2H3;12-13H,3-11H2,1-2H3;. The summed E-state index contributed by atoms with van der Waals surface area (Å²) in [5.74, 6) is 1.42. The Kier molecular flexibility index (Phi) is 24.2. The molecule has 0 saturated carbocycles. The fourth-order valence-electron chi connectivity index (χ4n) is 4.15. The SMILES string of the molecule is CCCCCC(CCC)COCC1CO1.CCCCCC(CCC)COCC1COC(=O)O1.O=C=O. The summed E-state index contributed by atoms with van der Waals surface area (Å²) in [6, 6.07) is 0. The highest BCUT2D eigenvalue weighted by atomic mass is 16.8. The van der Waals surface area contributed by atoms with Gasteiger partial charge < -0.3 is 23.7 Å². The van der Waals surface area contributed by atoms with Gasteiger partial charge in [-0.3, -0.25) is 0 Å². The minimum atomic E-state index is -0.573. The van der Waals surface area contributed by atoms with Gasteiger partial charge in [-0.25, -0.2) is 4.79 Å². The lowest BCUT2D eigenvalue weighted by Gasteiger charge is -2.17. The maximum absolute atomic E-state index is 10.7. The molecule has 0 aromatic carbocycles. The Morgan fingerprint density at radius 1 is 0.750 bits per heavy atom. The number of unbranched alkanes of at least 4 members (excludes halogenated alkanes) is 4. The second-order valence-electron chi connectivity index (χ2n) is 9.72. The van der Waals surface area contributed by atoms with Crippen LogP contribution in [0.4, 0.5) is 4.79 Å². The second kappa shape index (κ2) is 25.2. The van der Waals surface area contributed by atoms with Gasteiger partial charge >= 0.3 is 12.3 Å². The number of ether oxygens (including phenoxy) is 5. The van der Waals surface area contributed by atoms with Crippen LogP contribution in [0.15, 0.2) is 0 Å². The van der Waals surface area contributed by atoms with Crippen molar-refractivity contribution in [3.8, 4) is 0 Å². The van der Waals surface area contributed by atoms with Crippen molar-refractivity contribution < 1.29 is 38.1 Å². The van der Waals surface area contributed by atoms with Crippen LogP contribution in [0.5, 0.6) is 0 Å². The van der Waals surface area contributed by atoms with E-state index in [0.29, 0.717) is 25.2 Å². The van der Waals surface area contributed by atoms with E-state index in [4.69, 9.17) is 33.3 Å². The first-order chi connectivity index (χ1) is 17.5. The summed E-state index contributed by atoms with van der Waals surface area (Å²) in [6.45, 7) is 13.2. The Hall–Kier alpha value is -1.47. The van der Waals surface area contributed by atoms with E-state index in [1.165, 1.54) is 77.0 Å². The molecule has 8 heteroatoms. The van der Waals surface area contributed by atoms with Crippen molar-refractivity contribution >= 4 is 12.3 Å². The van der Waals surface area contributed by atoms with Crippen LogP contribution in [0.25, 0.3) is 0 Å². The van der Waals surface area contributed by atoms with E-state index in [1.807, 2.05) is 0 Å². The zero-order valence-corrected chi connectivity index (χ0v) is 23.3. The average molecular weight is 517 g/mol. The van der Waals surface area contributed by atoms with E-state index < -0.39 is 6.16 Å². The van der Waals surface area contributed by atoms with Crippen molar-refractivity contribution in [2.24, 2.45) is 11.8 Å². The van der Waals surface area contributed by atoms with Gasteiger partial charge in [-0.15, -0.1) is 0 Å². The largest absolute Gasteiger partial charge is 0.508 e. The molecule has 2 saturated heterocycles. The number of hydrogen-bond acceptors (Lipinski definition) is 8. The lowest BCUT2D eigenvalue weighted by molar-refractivity contribution is -0.191. The Morgan fingerprint density at radius 3 is 1.58 bits per heavy atom. The van der Waals surface area contributed by atoms with Crippen LogP contribution in [0.1, 0.15) is 105 Å². The van der Waals surface area contributed by atoms with Gasteiger partial charge in [0.2, 0.25) is 0 Å². The number of carbonyl (C=O) groups is 1. The van der Waals surface area contributed by atoms with Crippen molar-refractivity contribution in [3.63, 3.8) is 0 Å². The molecular weight excluding hydrogens is 464 g/mol. The Morgan fingerprint density at radius 2 is 1.22 bits per heavy atom. The molecule has 0 spiro atoms. The molecule has 212 valence electrons. The van der Waals surface area contributed by atoms with Crippen LogP contribution in [-0.4, -0.2) is 64.2 Å². The third-order valence-electron chi connectivity index (χ3n) is 6.19. The van der Waals surface area contributed by atoms with Gasteiger partial charge in [0.15, 0.2) is 6.10 Å². The number of cyclic esters (lactones) is 2. The molecule has 0 bridgehead atoms. The molecule has 4 unspecified atom stereocenters. The molecule has 2 aliphatic rings. The minimum Gasteiger partial charge on any atom is -0.430 e. The number of carbonyl (C=O) groups excluding carboxylic acids is 3. The number of epoxide rings is 1. The van der Waals surface area contributed by atoms with E-state index in [2.05, 4.69) is 27.7 Å². The first-order valence-corrected chi connectivity index (χ1v) is 14.1. The zero-order valence-electron chi connectivity index (χ0n) is 23.3. The maximum Gasteiger partial charge on any atom is 0.508 e. The molecule has 0 amide bonds. The Bertz CT molecular complexity index is 532. The minimum absolute atomic E-state index is 0.213. The molecular formula is C28H52O8. The number of hydrogen-bond donors (Lipinski definition) is 0. The molecule has 4 atom stereocenters. The lowest BCUT2D eigenvalue weighted by Crippen LogP contribution is -2.21. The maximum atomic E-state index is 10.7. The molecule has 8 nitrogen and oxygen atoms in total. The Labute approximate surface area is 219 Å². The predicted molar refractivity (Wildman–Crippen MR) is 138 cm³/mol. The van der Waals surface area contributed by atoms with Crippen molar-refractivity contribution in [1.82, 2.24) is 0 Å². The van der Waals surface area contributed by atoms with E-state index in [-0.39, 0.29) is 12.3 Å². The topological polar surface area (TPSA) is 101 Å². The smallest absolute Gasteiger partial charge is 0.430 e. The summed E-state index contributed by atoms with van der Waals surface area (Å²) in [5, 5.41) is 0. The molecule has 2 heterocycles. The summed E-state index contributed by atoms with van der Waals surface area (Å²) in [7, 11) is 0. The van der Waals surface area contributed by atoms with Crippen LogP contribution >= 0.6 is 0 Å². The lowest BCUT2D eigenvalue weighted by atomic mass is 9.97. The van der Waals surface area contributed by atoms with Gasteiger partial charge in [-0.1, -0.05) is 79.1 Å². The van der Waals surface area contributed by atoms with E-state index in [9.17, 15) is 4.79 Å². The van der Waals surface area contributed by atoms with Crippen LogP contribution in [-0.2, 0) is 33.3 Å². The van der Waals surface area contributed by atoms with Crippen LogP contribution in [0.2, 0.25) is 0 Å². The van der Waals surface area contributed by atoms with Crippen molar-refractivity contribution in [2.45, 2.75) is 117 Å². The fraction of sp³-hybridized carbons (Fsp3) is 0.929. The van der Waals surface area contributed by atoms with Crippen LogP contribution in [0, 0.1) is 11.8 Å². The molecule has 0 aromatic rings. The molecule has 0 aromatic heterocycles. The average Bonchev–Trinajstić information content (AvgIpc) is 3.59. The van der Waals surface area contributed by atoms with Gasteiger partial charge in [0.1, 0.15) is 12.7 Å². The molecule has 36 heavy (non-hydrogen) atoms. The first kappa shape index (κ1) is 34.5. The van der Waals surface area contributed by atoms with Gasteiger partial charge in [-0.2, -0.15) is 9.59 Å². The monoisotopic (exact) mass is 516 g/mol. The van der Waals surface area contributed by atoms with Crippen molar-refractivity contribution in [1.29, 1.82) is 0 Å². The third-order valence-corrected chi connectivity index (χ3v) is 6.19. The van der Waals surface area contributed by atoms with Crippen molar-refractivity contribution in [3.05, 3.63) is 0 Å². The summed E-state index contributed by atoms with van der Waals surface area (Å²) in [6.07, 6.45) is 15.4. The first-order valence-electron chi connectivity index (χ1n) is 14.1.